The zero-order valence-electron chi connectivity index (χ0n) is 20.7. The molecule has 15 heteroatoms. The number of tetrazole rings is 1. The first-order valence-electron chi connectivity index (χ1n) is 11.5. The lowest BCUT2D eigenvalue weighted by molar-refractivity contribution is -0.139. The van der Waals surface area contributed by atoms with E-state index in [4.69, 9.17) is 21.3 Å². The number of nitrogens with two attached hydrogens (primary N) is 3. The summed E-state index contributed by atoms with van der Waals surface area (Å²) in [5.74, 6) is 0.411. The largest absolute Gasteiger partial charge is 0.497 e. The first-order chi connectivity index (χ1) is 18.4. The van der Waals surface area contributed by atoms with E-state index >= 15 is 0 Å². The van der Waals surface area contributed by atoms with Gasteiger partial charge in [-0.2, -0.15) is 13.2 Å². The number of methoxy groups -OCH3 is 1. The van der Waals surface area contributed by atoms with Crippen LogP contribution in [0, 0.1) is 0 Å². The van der Waals surface area contributed by atoms with Crippen LogP contribution in [-0.4, -0.2) is 40.7 Å². The lowest BCUT2D eigenvalue weighted by Gasteiger charge is -2.19. The van der Waals surface area contributed by atoms with E-state index in [0.717, 1.165) is 0 Å². The van der Waals surface area contributed by atoms with Gasteiger partial charge >= 0.3 is 6.18 Å². The summed E-state index contributed by atoms with van der Waals surface area (Å²) >= 11 is 0. The van der Waals surface area contributed by atoms with Crippen LogP contribution in [0.1, 0.15) is 27.9 Å². The number of benzene rings is 2. The van der Waals surface area contributed by atoms with E-state index in [0.29, 0.717) is 34.3 Å². The molecule has 4 rings (SSSR count). The number of nitrogens with zero attached hydrogens (tertiary/aromatic N) is 5. The second kappa shape index (κ2) is 11.0. The van der Waals surface area contributed by atoms with E-state index in [1.165, 1.54) is 17.9 Å². The van der Waals surface area contributed by atoms with Gasteiger partial charge in [-0.05, 0) is 64.2 Å². The lowest BCUT2D eigenvalue weighted by Crippen LogP contribution is -2.22. The van der Waals surface area contributed by atoms with Gasteiger partial charge in [-0.15, -0.1) is 5.10 Å². The summed E-state index contributed by atoms with van der Waals surface area (Å²) in [6.45, 7) is 0.177. The molecule has 2 aromatic heterocycles. The van der Waals surface area contributed by atoms with Gasteiger partial charge in [0.15, 0.2) is 5.82 Å². The highest BCUT2D eigenvalue weighted by atomic mass is 32.2. The summed E-state index contributed by atoms with van der Waals surface area (Å²) in [6, 6.07) is 10.4. The third kappa shape index (κ3) is 6.16. The van der Waals surface area contributed by atoms with Gasteiger partial charge in [0.25, 0.3) is 0 Å². The van der Waals surface area contributed by atoms with Crippen LogP contribution in [0.25, 0.3) is 11.4 Å². The highest BCUT2D eigenvalue weighted by molar-refractivity contribution is 7.89. The van der Waals surface area contributed by atoms with Crippen LogP contribution in [0.3, 0.4) is 0 Å². The maximum absolute atomic E-state index is 14.0. The molecule has 11 nitrogen and oxygen atoms in total. The van der Waals surface area contributed by atoms with Crippen molar-refractivity contribution in [1.29, 1.82) is 0 Å². The molecule has 0 saturated heterocycles. The SMILES string of the molecule is COc1ccc(Cn2nnnc2-c2c(CCc3cnc(CN)c(N)c3)ccc(C(F)(F)F)c2S(N)(=O)=O)cc1. The van der Waals surface area contributed by atoms with Gasteiger partial charge < -0.3 is 16.2 Å². The van der Waals surface area contributed by atoms with Crippen LogP contribution in [-0.2, 0) is 42.1 Å². The number of ether oxygens (including phenoxy) is 1. The minimum atomic E-state index is -5.01. The number of hydrogen-bond acceptors (Lipinski definition) is 9. The number of aryl methyl sites for hydroxylation is 2. The van der Waals surface area contributed by atoms with E-state index in [2.05, 4.69) is 20.5 Å². The maximum Gasteiger partial charge on any atom is 0.417 e. The summed E-state index contributed by atoms with van der Waals surface area (Å²) in [7, 11) is -3.38. The molecule has 0 saturated carbocycles. The van der Waals surface area contributed by atoms with Crippen LogP contribution in [0.2, 0.25) is 0 Å². The van der Waals surface area contributed by atoms with E-state index < -0.39 is 26.7 Å². The van der Waals surface area contributed by atoms with E-state index in [-0.39, 0.29) is 42.9 Å². The Morgan fingerprint density at radius 2 is 1.77 bits per heavy atom. The summed E-state index contributed by atoms with van der Waals surface area (Å²) in [5, 5.41) is 16.8. The highest BCUT2D eigenvalue weighted by Gasteiger charge is 2.40. The molecular weight excluding hydrogens is 537 g/mol. The van der Waals surface area contributed by atoms with Gasteiger partial charge in [0.05, 0.1) is 30.6 Å². The van der Waals surface area contributed by atoms with Crippen molar-refractivity contribution < 1.29 is 26.3 Å². The van der Waals surface area contributed by atoms with Crippen LogP contribution in [0.5, 0.6) is 5.75 Å². The Hall–Kier alpha value is -4.08. The predicted molar refractivity (Wildman–Crippen MR) is 136 cm³/mol. The number of alkyl halides is 3. The van der Waals surface area contributed by atoms with Crippen LogP contribution in [0.15, 0.2) is 53.6 Å². The number of nitrogen functional groups attached to an aromatic ring is 1. The van der Waals surface area contributed by atoms with E-state index in [9.17, 15) is 21.6 Å². The smallest absolute Gasteiger partial charge is 0.417 e. The molecule has 0 atom stereocenters. The van der Waals surface area contributed by atoms with Gasteiger partial charge in [-0.3, -0.25) is 4.98 Å². The van der Waals surface area contributed by atoms with Crippen LogP contribution in [0.4, 0.5) is 18.9 Å². The fraction of sp³-hybridized carbons (Fsp3) is 0.250. The molecule has 39 heavy (non-hydrogen) atoms. The molecular formula is C24H25F3N8O3S. The predicted octanol–water partition coefficient (Wildman–Crippen LogP) is 2.28. The van der Waals surface area contributed by atoms with Crippen molar-refractivity contribution in [3.8, 4) is 17.1 Å². The topological polar surface area (TPSA) is 178 Å². The average Bonchev–Trinajstić information content (AvgIpc) is 3.34. The Bertz CT molecular complexity index is 1590. The summed E-state index contributed by atoms with van der Waals surface area (Å²) in [5.41, 5.74) is 12.3. The quantitative estimate of drug-likeness (QED) is 0.276. The van der Waals surface area contributed by atoms with Gasteiger partial charge in [0, 0.05) is 18.3 Å². The number of rotatable bonds is 9. The number of halogens is 3. The Balaban J connectivity index is 1.85. The molecule has 2 heterocycles. The summed E-state index contributed by atoms with van der Waals surface area (Å²) in [4.78, 5) is 3.10. The number of anilines is 1. The highest BCUT2D eigenvalue weighted by Crippen LogP contribution is 2.40. The lowest BCUT2D eigenvalue weighted by atomic mass is 9.97. The normalized spacial score (nSPS) is 12.1. The van der Waals surface area contributed by atoms with Crippen molar-refractivity contribution in [2.75, 3.05) is 12.8 Å². The number of primary sulfonamides is 1. The molecule has 6 N–H and O–H groups in total. The first-order valence-corrected chi connectivity index (χ1v) is 13.1. The minimum Gasteiger partial charge on any atom is -0.497 e. The van der Waals surface area contributed by atoms with E-state index in [1.807, 2.05) is 0 Å². The fourth-order valence-electron chi connectivity index (χ4n) is 4.13. The Kier molecular flexibility index (Phi) is 7.85. The van der Waals surface area contributed by atoms with Crippen LogP contribution >= 0.6 is 0 Å². The maximum atomic E-state index is 14.0. The van der Waals surface area contributed by atoms with Crippen molar-refractivity contribution in [3.05, 3.63) is 76.6 Å². The zero-order chi connectivity index (χ0) is 28.4. The zero-order valence-corrected chi connectivity index (χ0v) is 21.5. The van der Waals surface area contributed by atoms with Gasteiger partial charge in [-0.1, -0.05) is 18.2 Å². The third-order valence-corrected chi connectivity index (χ3v) is 7.01. The Morgan fingerprint density at radius 1 is 1.05 bits per heavy atom. The third-order valence-electron chi connectivity index (χ3n) is 6.02. The molecule has 206 valence electrons. The van der Waals surface area contributed by atoms with Crippen LogP contribution < -0.4 is 21.3 Å². The van der Waals surface area contributed by atoms with Gasteiger partial charge in [0.1, 0.15) is 10.6 Å². The molecule has 0 radical (unpaired) electrons. The molecule has 0 bridgehead atoms. The summed E-state index contributed by atoms with van der Waals surface area (Å²) < 4.78 is 73.6. The van der Waals surface area contributed by atoms with Crippen molar-refractivity contribution >= 4 is 15.7 Å². The molecule has 0 aliphatic rings. The molecule has 2 aromatic carbocycles. The molecule has 0 amide bonds. The number of sulfonamides is 1. The molecule has 0 aliphatic heterocycles. The molecule has 0 unspecified atom stereocenters. The monoisotopic (exact) mass is 562 g/mol. The molecule has 4 aromatic rings. The van der Waals surface area contributed by atoms with Gasteiger partial charge in [0.2, 0.25) is 10.0 Å². The molecule has 0 aliphatic carbocycles. The summed E-state index contributed by atoms with van der Waals surface area (Å²) in [6.07, 6.45) is -3.09. The Morgan fingerprint density at radius 3 is 2.36 bits per heavy atom. The second-order valence-electron chi connectivity index (χ2n) is 8.61. The van der Waals surface area contributed by atoms with Crippen molar-refractivity contribution in [2.24, 2.45) is 10.9 Å². The van der Waals surface area contributed by atoms with E-state index in [1.54, 1.807) is 36.5 Å². The van der Waals surface area contributed by atoms with Crippen molar-refractivity contribution in [3.63, 3.8) is 0 Å². The number of hydrogen-bond donors (Lipinski definition) is 3. The van der Waals surface area contributed by atoms with Crippen molar-refractivity contribution in [1.82, 2.24) is 25.2 Å². The average molecular weight is 563 g/mol. The molecule has 0 fully saturated rings. The fourth-order valence-corrected chi connectivity index (χ4v) is 5.13. The first kappa shape index (κ1) is 27.9. The standard InChI is InChI=1S/C24H25F3N8O3S/c1-38-17-7-3-14(4-8-17)13-35-23(32-33-34-35)21-16(5-2-15-10-19(29)20(11-28)31-12-15)6-9-18(24(25,26)27)22(21)39(30,36)37/h3-4,6-10,12H,2,5,11,13,28-29H2,1H3,(H2,30,36,37). The number of pyridine rings is 1. The second-order valence-corrected chi connectivity index (χ2v) is 10.1. The minimum absolute atomic E-state index is 0.0348. The molecule has 0 spiro atoms. The van der Waals surface area contributed by atoms with Crippen molar-refractivity contribution in [2.45, 2.75) is 37.0 Å². The Labute approximate surface area is 221 Å². The van der Waals surface area contributed by atoms with Gasteiger partial charge in [-0.25, -0.2) is 18.2 Å². The number of aromatic nitrogens is 5.